The fourth-order valence-corrected chi connectivity index (χ4v) is 3.84. The summed E-state index contributed by atoms with van der Waals surface area (Å²) in [6, 6.07) is 5.97. The van der Waals surface area contributed by atoms with Crippen LogP contribution in [0.4, 0.5) is 8.78 Å². The van der Waals surface area contributed by atoms with Crippen LogP contribution < -0.4 is 5.32 Å². The van der Waals surface area contributed by atoms with E-state index in [-0.39, 0.29) is 5.92 Å². The van der Waals surface area contributed by atoms with Crippen molar-refractivity contribution in [2.45, 2.75) is 32.4 Å². The van der Waals surface area contributed by atoms with Gasteiger partial charge in [0.15, 0.2) is 0 Å². The van der Waals surface area contributed by atoms with Crippen molar-refractivity contribution in [1.29, 1.82) is 0 Å². The van der Waals surface area contributed by atoms with Crippen LogP contribution in [-0.2, 0) is 0 Å². The molecule has 2 unspecified atom stereocenters. The molecular formula is C20H21F2N3S. The molecule has 1 aliphatic rings. The predicted octanol–water partition coefficient (Wildman–Crippen LogP) is 5.53. The zero-order valence-electron chi connectivity index (χ0n) is 15.0. The van der Waals surface area contributed by atoms with E-state index in [1.807, 2.05) is 31.2 Å². The van der Waals surface area contributed by atoms with Crippen molar-refractivity contribution in [1.82, 2.24) is 10.3 Å². The van der Waals surface area contributed by atoms with E-state index in [0.29, 0.717) is 12.1 Å². The lowest BCUT2D eigenvalue weighted by Crippen LogP contribution is -2.19. The molecule has 2 aromatic rings. The predicted molar refractivity (Wildman–Crippen MR) is 106 cm³/mol. The Labute approximate surface area is 155 Å². The Hall–Kier alpha value is -2.34. The summed E-state index contributed by atoms with van der Waals surface area (Å²) in [5.41, 5.74) is 2.42. The third kappa shape index (κ3) is 3.90. The number of fused-ring (bicyclic) bond motifs is 1. The molecule has 6 heteroatoms. The number of pyridine rings is 1. The van der Waals surface area contributed by atoms with Crippen molar-refractivity contribution >= 4 is 33.3 Å². The first kappa shape index (κ1) is 18.5. The fourth-order valence-electron chi connectivity index (χ4n) is 2.77. The number of thiophene rings is 1. The SMILES string of the molecule is C/C=C(/F)N=CC(C)c1ccc2cc(C3=CC=C(NC)C(F)C3)sc2n1. The molecule has 136 valence electrons. The number of aromatic nitrogens is 1. The maximum absolute atomic E-state index is 14.2. The molecule has 0 spiro atoms. The number of aliphatic imine (C=N–C) groups is 1. The quantitative estimate of drug-likeness (QED) is 0.553. The van der Waals surface area contributed by atoms with Crippen molar-refractivity contribution in [2.75, 3.05) is 7.05 Å². The van der Waals surface area contributed by atoms with Crippen LogP contribution in [0.5, 0.6) is 0 Å². The maximum atomic E-state index is 14.2. The lowest BCUT2D eigenvalue weighted by Gasteiger charge is -2.17. The average molecular weight is 373 g/mol. The van der Waals surface area contributed by atoms with Crippen LogP contribution in [0, 0.1) is 0 Å². The van der Waals surface area contributed by atoms with Gasteiger partial charge in [0, 0.05) is 41.6 Å². The minimum atomic E-state index is -1.01. The van der Waals surface area contributed by atoms with E-state index in [2.05, 4.69) is 15.3 Å². The van der Waals surface area contributed by atoms with Crippen molar-refractivity contribution in [3.8, 4) is 0 Å². The van der Waals surface area contributed by atoms with E-state index in [9.17, 15) is 8.78 Å². The monoisotopic (exact) mass is 373 g/mol. The van der Waals surface area contributed by atoms with Gasteiger partial charge in [0.1, 0.15) is 11.0 Å². The van der Waals surface area contributed by atoms with Crippen LogP contribution in [0.1, 0.15) is 36.8 Å². The average Bonchev–Trinajstić information content (AvgIpc) is 3.08. The smallest absolute Gasteiger partial charge is 0.208 e. The minimum Gasteiger partial charge on any atom is -0.389 e. The molecule has 0 bridgehead atoms. The van der Waals surface area contributed by atoms with E-state index in [1.165, 1.54) is 6.08 Å². The van der Waals surface area contributed by atoms with Crippen molar-refractivity contribution in [3.63, 3.8) is 0 Å². The normalized spacial score (nSPS) is 19.6. The highest BCUT2D eigenvalue weighted by Crippen LogP contribution is 2.35. The summed E-state index contributed by atoms with van der Waals surface area (Å²) in [7, 11) is 1.73. The van der Waals surface area contributed by atoms with E-state index in [0.717, 1.165) is 26.4 Å². The molecule has 0 fully saturated rings. The number of halogens is 2. The first-order valence-electron chi connectivity index (χ1n) is 8.51. The molecule has 0 radical (unpaired) electrons. The Balaban J connectivity index is 1.87. The van der Waals surface area contributed by atoms with Gasteiger partial charge >= 0.3 is 0 Å². The molecule has 0 aliphatic heterocycles. The first-order valence-corrected chi connectivity index (χ1v) is 9.33. The van der Waals surface area contributed by atoms with Gasteiger partial charge in [-0.25, -0.2) is 14.4 Å². The van der Waals surface area contributed by atoms with Gasteiger partial charge in [-0.2, -0.15) is 4.39 Å². The van der Waals surface area contributed by atoms with E-state index in [1.54, 1.807) is 37.6 Å². The number of allylic oxidation sites excluding steroid dienone is 5. The molecule has 1 aliphatic carbocycles. The van der Waals surface area contributed by atoms with Crippen LogP contribution in [0.15, 0.2) is 53.1 Å². The summed E-state index contributed by atoms with van der Waals surface area (Å²) in [5.74, 6) is -0.601. The highest BCUT2D eigenvalue weighted by Gasteiger charge is 2.20. The summed E-state index contributed by atoms with van der Waals surface area (Å²) in [6.07, 6.45) is 5.97. The molecule has 0 amide bonds. The molecule has 0 saturated heterocycles. The van der Waals surface area contributed by atoms with Crippen LogP contribution in [0.2, 0.25) is 0 Å². The lowest BCUT2D eigenvalue weighted by molar-refractivity contribution is 0.373. The van der Waals surface area contributed by atoms with Gasteiger partial charge in [-0.05, 0) is 36.8 Å². The molecule has 26 heavy (non-hydrogen) atoms. The summed E-state index contributed by atoms with van der Waals surface area (Å²) in [5, 5.41) is 3.91. The van der Waals surface area contributed by atoms with E-state index in [4.69, 9.17) is 0 Å². The van der Waals surface area contributed by atoms with Crippen molar-refractivity contribution in [2.24, 2.45) is 4.99 Å². The van der Waals surface area contributed by atoms with E-state index >= 15 is 0 Å². The van der Waals surface area contributed by atoms with Gasteiger partial charge < -0.3 is 5.32 Å². The first-order chi connectivity index (χ1) is 12.5. The third-order valence-electron chi connectivity index (χ3n) is 4.34. The molecule has 1 N–H and O–H groups in total. The minimum absolute atomic E-state index is 0.0964. The fraction of sp³-hybridized carbons (Fsp3) is 0.300. The Morgan fingerprint density at radius 3 is 2.92 bits per heavy atom. The highest BCUT2D eigenvalue weighted by atomic mass is 32.1. The van der Waals surface area contributed by atoms with Gasteiger partial charge in [0.25, 0.3) is 0 Å². The Morgan fingerprint density at radius 2 is 2.23 bits per heavy atom. The highest BCUT2D eigenvalue weighted by molar-refractivity contribution is 7.19. The van der Waals surface area contributed by atoms with Gasteiger partial charge in [-0.3, -0.25) is 0 Å². The second-order valence-electron chi connectivity index (χ2n) is 6.15. The van der Waals surface area contributed by atoms with Crippen LogP contribution >= 0.6 is 11.3 Å². The summed E-state index contributed by atoms with van der Waals surface area (Å²) >= 11 is 1.55. The molecule has 2 heterocycles. The van der Waals surface area contributed by atoms with Crippen LogP contribution in [0.25, 0.3) is 15.8 Å². The molecule has 0 aromatic carbocycles. The van der Waals surface area contributed by atoms with Crippen molar-refractivity contribution in [3.05, 3.63) is 58.6 Å². The zero-order chi connectivity index (χ0) is 18.7. The van der Waals surface area contributed by atoms with Gasteiger partial charge in [0.05, 0.1) is 5.69 Å². The van der Waals surface area contributed by atoms with Crippen LogP contribution in [-0.4, -0.2) is 24.4 Å². The Kier molecular flexibility index (Phi) is 5.61. The summed E-state index contributed by atoms with van der Waals surface area (Å²) in [6.45, 7) is 3.53. The number of nitrogens with zero attached hydrogens (tertiary/aromatic N) is 2. The van der Waals surface area contributed by atoms with Gasteiger partial charge in [-0.15, -0.1) is 11.3 Å². The lowest BCUT2D eigenvalue weighted by atomic mass is 9.99. The second-order valence-corrected chi connectivity index (χ2v) is 7.19. The Morgan fingerprint density at radius 1 is 1.42 bits per heavy atom. The molecule has 3 nitrogen and oxygen atoms in total. The Bertz CT molecular complexity index is 924. The zero-order valence-corrected chi connectivity index (χ0v) is 15.8. The standard InChI is InChI=1S/C20H21F2N3S/c1-4-19(22)24-11-12(2)16-7-6-14-10-18(26-20(14)25-16)13-5-8-17(23-3)15(21)9-13/h4-8,10-12,15,23H,9H2,1-3H3/b19-4-,24-11?. The number of rotatable bonds is 5. The van der Waals surface area contributed by atoms with Crippen molar-refractivity contribution < 1.29 is 8.78 Å². The number of alkyl halides is 1. The number of hydrogen-bond donors (Lipinski definition) is 1. The van der Waals surface area contributed by atoms with Gasteiger partial charge in [0.2, 0.25) is 5.95 Å². The number of hydrogen-bond acceptors (Lipinski definition) is 4. The van der Waals surface area contributed by atoms with Crippen LogP contribution in [0.3, 0.4) is 0 Å². The molecule has 0 saturated carbocycles. The summed E-state index contributed by atoms with van der Waals surface area (Å²) < 4.78 is 27.3. The maximum Gasteiger partial charge on any atom is 0.208 e. The largest absolute Gasteiger partial charge is 0.389 e. The molecule has 2 aromatic heterocycles. The molecule has 3 rings (SSSR count). The van der Waals surface area contributed by atoms with Gasteiger partial charge in [-0.1, -0.05) is 19.1 Å². The second kappa shape index (κ2) is 7.91. The number of nitrogens with one attached hydrogen (secondary N) is 1. The molecule has 2 atom stereocenters. The van der Waals surface area contributed by atoms with E-state index < -0.39 is 12.1 Å². The molecular weight excluding hydrogens is 352 g/mol. The summed E-state index contributed by atoms with van der Waals surface area (Å²) in [4.78, 5) is 10.4. The topological polar surface area (TPSA) is 37.3 Å². The third-order valence-corrected chi connectivity index (χ3v) is 5.46.